The predicted molar refractivity (Wildman–Crippen MR) is 86.3 cm³/mol. The molecule has 5 heteroatoms. The molecular formula is C16H17ClFN3. The number of nitrogens with zero attached hydrogens (tertiary/aromatic N) is 1. The molecule has 0 amide bonds. The van der Waals surface area contributed by atoms with Crippen molar-refractivity contribution in [1.29, 1.82) is 0 Å². The summed E-state index contributed by atoms with van der Waals surface area (Å²) >= 11 is 5.72. The third-order valence-electron chi connectivity index (χ3n) is 3.20. The summed E-state index contributed by atoms with van der Waals surface area (Å²) in [5.74, 6) is -0.135. The molecule has 0 aliphatic carbocycles. The maximum absolute atomic E-state index is 13.1. The fourth-order valence-corrected chi connectivity index (χ4v) is 2.02. The second kappa shape index (κ2) is 6.59. The lowest BCUT2D eigenvalue weighted by atomic mass is 10.1. The van der Waals surface area contributed by atoms with Crippen LogP contribution in [0.3, 0.4) is 0 Å². The van der Waals surface area contributed by atoms with E-state index >= 15 is 0 Å². The molecule has 3 N–H and O–H groups in total. The molecule has 2 aromatic rings. The Labute approximate surface area is 128 Å². The van der Waals surface area contributed by atoms with Crippen LogP contribution in [0.25, 0.3) is 0 Å². The van der Waals surface area contributed by atoms with E-state index in [1.54, 1.807) is 12.1 Å². The Morgan fingerprint density at radius 1 is 1.19 bits per heavy atom. The Balaban J connectivity index is 2.03. The number of rotatable bonds is 3. The van der Waals surface area contributed by atoms with Gasteiger partial charge in [0.25, 0.3) is 0 Å². The second-order valence-corrected chi connectivity index (χ2v) is 5.28. The number of hydrogen-bond donors (Lipinski definition) is 2. The summed E-state index contributed by atoms with van der Waals surface area (Å²) < 4.78 is 13.1. The van der Waals surface area contributed by atoms with Gasteiger partial charge in [-0.05, 0) is 54.8 Å². The number of hydrogen-bond acceptors (Lipinski definition) is 1. The van der Waals surface area contributed by atoms with Crippen molar-refractivity contribution in [3.63, 3.8) is 0 Å². The van der Waals surface area contributed by atoms with Gasteiger partial charge in [0.15, 0.2) is 5.96 Å². The van der Waals surface area contributed by atoms with Crippen LogP contribution >= 0.6 is 11.6 Å². The quantitative estimate of drug-likeness (QED) is 0.664. The van der Waals surface area contributed by atoms with E-state index < -0.39 is 5.82 Å². The minimum Gasteiger partial charge on any atom is -0.370 e. The smallest absolute Gasteiger partial charge is 0.193 e. The van der Waals surface area contributed by atoms with E-state index in [2.05, 4.69) is 17.2 Å². The topological polar surface area (TPSA) is 50.4 Å². The minimum atomic E-state index is -0.439. The van der Waals surface area contributed by atoms with Crippen molar-refractivity contribution >= 4 is 23.2 Å². The average molecular weight is 306 g/mol. The van der Waals surface area contributed by atoms with Gasteiger partial charge in [-0.25, -0.2) is 9.38 Å². The Morgan fingerprint density at radius 2 is 1.95 bits per heavy atom. The van der Waals surface area contributed by atoms with E-state index in [1.807, 2.05) is 25.1 Å². The van der Waals surface area contributed by atoms with Crippen LogP contribution in [-0.4, -0.2) is 5.96 Å². The maximum atomic E-state index is 13.1. The van der Waals surface area contributed by atoms with Gasteiger partial charge < -0.3 is 11.1 Å². The number of aryl methyl sites for hydroxylation is 2. The molecule has 0 radical (unpaired) electrons. The molecule has 2 aromatic carbocycles. The highest BCUT2D eigenvalue weighted by molar-refractivity contribution is 6.30. The number of nitrogens with one attached hydrogen (secondary N) is 1. The Morgan fingerprint density at radius 3 is 2.62 bits per heavy atom. The van der Waals surface area contributed by atoms with Gasteiger partial charge in [-0.1, -0.05) is 23.7 Å². The molecule has 0 saturated carbocycles. The van der Waals surface area contributed by atoms with Crippen LogP contribution in [0.1, 0.15) is 16.7 Å². The number of benzene rings is 2. The molecule has 2 rings (SSSR count). The lowest BCUT2D eigenvalue weighted by Crippen LogP contribution is -2.22. The molecule has 110 valence electrons. The summed E-state index contributed by atoms with van der Waals surface area (Å²) in [6.07, 6.45) is 0. The number of aliphatic imine (C=N–C) groups is 1. The number of guanidine groups is 1. The van der Waals surface area contributed by atoms with Crippen molar-refractivity contribution in [2.75, 3.05) is 5.32 Å². The van der Waals surface area contributed by atoms with E-state index in [9.17, 15) is 4.39 Å². The first-order valence-electron chi connectivity index (χ1n) is 6.54. The number of halogens is 2. The van der Waals surface area contributed by atoms with E-state index in [-0.39, 0.29) is 5.02 Å². The van der Waals surface area contributed by atoms with Crippen molar-refractivity contribution < 1.29 is 4.39 Å². The standard InChI is InChI=1S/C16H17ClFN3/c1-10-3-5-13(7-11(10)2)21-16(19)20-9-12-4-6-15(18)14(17)8-12/h3-8H,9H2,1-2H3,(H3,19,20,21). The predicted octanol–water partition coefficient (Wildman–Crippen LogP) is 4.02. The van der Waals surface area contributed by atoms with Crippen molar-refractivity contribution in [3.05, 3.63) is 63.9 Å². The average Bonchev–Trinajstić information content (AvgIpc) is 2.44. The first kappa shape index (κ1) is 15.3. The molecule has 0 aromatic heterocycles. The zero-order valence-corrected chi connectivity index (χ0v) is 12.7. The van der Waals surface area contributed by atoms with Crippen LogP contribution in [0.2, 0.25) is 5.02 Å². The Hall–Kier alpha value is -2.07. The normalized spacial score (nSPS) is 11.5. The molecule has 0 aliphatic heterocycles. The second-order valence-electron chi connectivity index (χ2n) is 4.87. The maximum Gasteiger partial charge on any atom is 0.193 e. The Bertz CT molecular complexity index is 683. The van der Waals surface area contributed by atoms with Crippen molar-refractivity contribution in [2.24, 2.45) is 10.7 Å². The summed E-state index contributed by atoms with van der Waals surface area (Å²) in [6, 6.07) is 10.5. The zero-order chi connectivity index (χ0) is 15.4. The van der Waals surface area contributed by atoms with Gasteiger partial charge in [-0.2, -0.15) is 0 Å². The van der Waals surface area contributed by atoms with Gasteiger partial charge in [-0.3, -0.25) is 0 Å². The SMILES string of the molecule is Cc1ccc(NC(N)=NCc2ccc(F)c(Cl)c2)cc1C. The molecule has 0 aliphatic rings. The lowest BCUT2D eigenvalue weighted by Gasteiger charge is -2.08. The largest absolute Gasteiger partial charge is 0.370 e. The van der Waals surface area contributed by atoms with E-state index in [1.165, 1.54) is 17.2 Å². The van der Waals surface area contributed by atoms with Crippen LogP contribution in [0, 0.1) is 19.7 Å². The first-order chi connectivity index (χ1) is 9.95. The molecule has 0 heterocycles. The molecule has 0 unspecified atom stereocenters. The van der Waals surface area contributed by atoms with Gasteiger partial charge in [0.2, 0.25) is 0 Å². The van der Waals surface area contributed by atoms with Crippen LogP contribution < -0.4 is 11.1 Å². The summed E-state index contributed by atoms with van der Waals surface area (Å²) in [6.45, 7) is 4.42. The van der Waals surface area contributed by atoms with Crippen molar-refractivity contribution in [1.82, 2.24) is 0 Å². The summed E-state index contributed by atoms with van der Waals surface area (Å²) in [7, 11) is 0. The third-order valence-corrected chi connectivity index (χ3v) is 3.48. The molecule has 21 heavy (non-hydrogen) atoms. The molecule has 3 nitrogen and oxygen atoms in total. The van der Waals surface area contributed by atoms with Gasteiger partial charge in [0.1, 0.15) is 5.82 Å². The molecule has 0 fully saturated rings. The molecule has 0 saturated heterocycles. The summed E-state index contributed by atoms with van der Waals surface area (Å²) in [5, 5.41) is 3.11. The number of anilines is 1. The van der Waals surface area contributed by atoms with Crippen molar-refractivity contribution in [3.8, 4) is 0 Å². The minimum absolute atomic E-state index is 0.0865. The van der Waals surface area contributed by atoms with Crippen LogP contribution in [0.15, 0.2) is 41.4 Å². The fraction of sp³-hybridized carbons (Fsp3) is 0.188. The van der Waals surface area contributed by atoms with Gasteiger partial charge >= 0.3 is 0 Å². The fourth-order valence-electron chi connectivity index (χ4n) is 1.82. The van der Waals surface area contributed by atoms with E-state index in [4.69, 9.17) is 17.3 Å². The summed E-state index contributed by atoms with van der Waals surface area (Å²) in [4.78, 5) is 4.21. The molecule has 0 spiro atoms. The highest BCUT2D eigenvalue weighted by atomic mass is 35.5. The summed E-state index contributed by atoms with van der Waals surface area (Å²) in [5.41, 5.74) is 9.92. The monoisotopic (exact) mass is 305 g/mol. The highest BCUT2D eigenvalue weighted by Crippen LogP contribution is 2.17. The molecule has 0 atom stereocenters. The van der Waals surface area contributed by atoms with Crippen LogP contribution in [0.4, 0.5) is 10.1 Å². The third kappa shape index (κ3) is 4.20. The number of nitrogens with two attached hydrogens (primary N) is 1. The van der Waals surface area contributed by atoms with E-state index in [0.717, 1.165) is 11.3 Å². The molecular weight excluding hydrogens is 289 g/mol. The Kier molecular flexibility index (Phi) is 4.81. The van der Waals surface area contributed by atoms with E-state index in [0.29, 0.717) is 12.5 Å². The van der Waals surface area contributed by atoms with Crippen LogP contribution in [-0.2, 0) is 6.54 Å². The first-order valence-corrected chi connectivity index (χ1v) is 6.91. The molecule has 0 bridgehead atoms. The van der Waals surface area contributed by atoms with Gasteiger partial charge in [0.05, 0.1) is 11.6 Å². The highest BCUT2D eigenvalue weighted by Gasteiger charge is 2.01. The van der Waals surface area contributed by atoms with Crippen molar-refractivity contribution in [2.45, 2.75) is 20.4 Å². The van der Waals surface area contributed by atoms with Crippen LogP contribution in [0.5, 0.6) is 0 Å². The van der Waals surface area contributed by atoms with Gasteiger partial charge in [0, 0.05) is 5.69 Å². The lowest BCUT2D eigenvalue weighted by molar-refractivity contribution is 0.627. The zero-order valence-electron chi connectivity index (χ0n) is 12.0. The van der Waals surface area contributed by atoms with Gasteiger partial charge in [-0.15, -0.1) is 0 Å².